The van der Waals surface area contributed by atoms with Crippen LogP contribution < -0.4 is 10.1 Å². The van der Waals surface area contributed by atoms with Crippen molar-refractivity contribution in [1.82, 2.24) is 9.21 Å². The van der Waals surface area contributed by atoms with E-state index in [1.807, 2.05) is 69.0 Å². The van der Waals surface area contributed by atoms with Gasteiger partial charge in [0.25, 0.3) is 0 Å². The van der Waals surface area contributed by atoms with Crippen molar-refractivity contribution in [2.24, 2.45) is 0 Å². The maximum absolute atomic E-state index is 13.1. The number of hydrogen-bond acceptors (Lipinski definition) is 5. The van der Waals surface area contributed by atoms with Crippen molar-refractivity contribution in [1.29, 1.82) is 0 Å². The Kier molecular flexibility index (Phi) is 7.35. The quantitative estimate of drug-likeness (QED) is 0.709. The number of rotatable bonds is 7. The van der Waals surface area contributed by atoms with Crippen molar-refractivity contribution in [2.45, 2.75) is 38.6 Å². The summed E-state index contributed by atoms with van der Waals surface area (Å²) in [7, 11) is -3.55. The number of anilines is 1. The Labute approximate surface area is 185 Å². The van der Waals surface area contributed by atoms with E-state index in [-0.39, 0.29) is 11.9 Å². The lowest BCUT2D eigenvalue weighted by Gasteiger charge is -2.37. The Bertz CT molecular complexity index is 1030. The van der Waals surface area contributed by atoms with Crippen LogP contribution in [-0.2, 0) is 14.8 Å². The summed E-state index contributed by atoms with van der Waals surface area (Å²) >= 11 is 0. The minimum Gasteiger partial charge on any atom is -0.492 e. The van der Waals surface area contributed by atoms with Crippen LogP contribution in [-0.4, -0.2) is 62.4 Å². The highest BCUT2D eigenvalue weighted by Crippen LogP contribution is 2.25. The average Bonchev–Trinajstić information content (AvgIpc) is 2.74. The molecule has 31 heavy (non-hydrogen) atoms. The van der Waals surface area contributed by atoms with E-state index >= 15 is 0 Å². The topological polar surface area (TPSA) is 79.0 Å². The molecule has 0 spiro atoms. The van der Waals surface area contributed by atoms with E-state index in [0.717, 1.165) is 11.1 Å². The smallest absolute Gasteiger partial charge is 0.243 e. The van der Waals surface area contributed by atoms with Gasteiger partial charge in [-0.15, -0.1) is 0 Å². The van der Waals surface area contributed by atoms with Gasteiger partial charge in [0.05, 0.1) is 23.2 Å². The highest BCUT2D eigenvalue weighted by Gasteiger charge is 2.32. The molecule has 1 N–H and O–H groups in total. The number of hydrogen-bond donors (Lipinski definition) is 1. The predicted octanol–water partition coefficient (Wildman–Crippen LogP) is 3.04. The van der Waals surface area contributed by atoms with Crippen molar-refractivity contribution in [3.05, 3.63) is 53.6 Å². The number of nitrogens with zero attached hydrogens (tertiary/aromatic N) is 2. The monoisotopic (exact) mass is 445 g/mol. The first kappa shape index (κ1) is 23.2. The second-order valence-electron chi connectivity index (χ2n) is 7.80. The van der Waals surface area contributed by atoms with Crippen LogP contribution in [0.4, 0.5) is 5.69 Å². The van der Waals surface area contributed by atoms with Gasteiger partial charge >= 0.3 is 0 Å². The molecule has 0 bridgehead atoms. The van der Waals surface area contributed by atoms with Gasteiger partial charge in [-0.3, -0.25) is 9.69 Å². The van der Waals surface area contributed by atoms with E-state index in [0.29, 0.717) is 49.1 Å². The number of carbonyl (C=O) groups excluding carboxylic acids is 1. The van der Waals surface area contributed by atoms with Crippen LogP contribution in [0.3, 0.4) is 0 Å². The van der Waals surface area contributed by atoms with Crippen LogP contribution in [0.2, 0.25) is 0 Å². The SMILES string of the molecule is CCOc1ccccc1NC(=O)C(C)N1CCN(S(=O)(=O)c2ccc(C)cc2C)CC1. The van der Waals surface area contributed by atoms with Gasteiger partial charge in [-0.1, -0.05) is 29.8 Å². The van der Waals surface area contributed by atoms with Gasteiger partial charge in [0, 0.05) is 26.2 Å². The molecule has 0 aliphatic carbocycles. The van der Waals surface area contributed by atoms with E-state index in [9.17, 15) is 13.2 Å². The van der Waals surface area contributed by atoms with Crippen molar-refractivity contribution >= 4 is 21.6 Å². The number of para-hydroxylation sites is 2. The van der Waals surface area contributed by atoms with E-state index in [4.69, 9.17) is 4.74 Å². The Morgan fingerprint density at radius 3 is 2.42 bits per heavy atom. The highest BCUT2D eigenvalue weighted by molar-refractivity contribution is 7.89. The molecule has 2 aromatic rings. The molecule has 1 atom stereocenters. The largest absolute Gasteiger partial charge is 0.492 e. The Hall–Kier alpha value is -2.42. The molecular formula is C23H31N3O4S. The van der Waals surface area contributed by atoms with Gasteiger partial charge < -0.3 is 10.1 Å². The van der Waals surface area contributed by atoms with E-state index < -0.39 is 10.0 Å². The maximum atomic E-state index is 13.1. The van der Waals surface area contributed by atoms with E-state index in [1.165, 1.54) is 4.31 Å². The lowest BCUT2D eigenvalue weighted by molar-refractivity contribution is -0.121. The molecule has 1 amide bonds. The Morgan fingerprint density at radius 1 is 1.10 bits per heavy atom. The van der Waals surface area contributed by atoms with Crippen LogP contribution in [0, 0.1) is 13.8 Å². The molecule has 1 saturated heterocycles. The molecule has 1 fully saturated rings. The first-order valence-corrected chi connectivity index (χ1v) is 12.0. The zero-order chi connectivity index (χ0) is 22.6. The molecule has 168 valence electrons. The molecule has 7 nitrogen and oxygen atoms in total. The summed E-state index contributed by atoms with van der Waals surface area (Å²) in [5, 5.41) is 2.93. The fourth-order valence-corrected chi connectivity index (χ4v) is 5.44. The number of piperazine rings is 1. The molecule has 0 radical (unpaired) electrons. The summed E-state index contributed by atoms with van der Waals surface area (Å²) in [5.74, 6) is 0.493. The van der Waals surface area contributed by atoms with Gasteiger partial charge in [0.2, 0.25) is 15.9 Å². The summed E-state index contributed by atoms with van der Waals surface area (Å²) < 4.78 is 33.3. The maximum Gasteiger partial charge on any atom is 0.243 e. The van der Waals surface area contributed by atoms with E-state index in [2.05, 4.69) is 5.32 Å². The van der Waals surface area contributed by atoms with Gasteiger partial charge in [0.15, 0.2) is 0 Å². The molecule has 1 aliphatic heterocycles. The van der Waals surface area contributed by atoms with Crippen LogP contribution >= 0.6 is 0 Å². The molecule has 1 aliphatic rings. The summed E-state index contributed by atoms with van der Waals surface area (Å²) in [4.78, 5) is 15.2. The fourth-order valence-electron chi connectivity index (χ4n) is 3.81. The summed E-state index contributed by atoms with van der Waals surface area (Å²) in [6.45, 7) is 9.70. The molecule has 1 unspecified atom stereocenters. The van der Waals surface area contributed by atoms with Crippen LogP contribution in [0.1, 0.15) is 25.0 Å². The zero-order valence-electron chi connectivity index (χ0n) is 18.6. The van der Waals surface area contributed by atoms with Crippen LogP contribution in [0.25, 0.3) is 0 Å². The minimum absolute atomic E-state index is 0.141. The average molecular weight is 446 g/mol. The predicted molar refractivity (Wildman–Crippen MR) is 122 cm³/mol. The first-order valence-electron chi connectivity index (χ1n) is 10.6. The first-order chi connectivity index (χ1) is 14.7. The second-order valence-corrected chi connectivity index (χ2v) is 9.71. The number of ether oxygens (including phenoxy) is 1. The second kappa shape index (κ2) is 9.80. The fraction of sp³-hybridized carbons (Fsp3) is 0.435. The van der Waals surface area contributed by atoms with Gasteiger partial charge in [-0.05, 0) is 51.5 Å². The number of amides is 1. The molecule has 0 saturated carbocycles. The highest BCUT2D eigenvalue weighted by atomic mass is 32.2. The summed E-state index contributed by atoms with van der Waals surface area (Å²) in [6, 6.07) is 12.3. The summed E-state index contributed by atoms with van der Waals surface area (Å²) in [6.07, 6.45) is 0. The Balaban J connectivity index is 1.63. The van der Waals surface area contributed by atoms with Crippen LogP contribution in [0.15, 0.2) is 47.4 Å². The molecular weight excluding hydrogens is 414 g/mol. The van der Waals surface area contributed by atoms with Crippen molar-refractivity contribution < 1.29 is 17.9 Å². The third-order valence-electron chi connectivity index (χ3n) is 5.59. The minimum atomic E-state index is -3.55. The van der Waals surface area contributed by atoms with Gasteiger partial charge in [-0.25, -0.2) is 8.42 Å². The van der Waals surface area contributed by atoms with E-state index in [1.54, 1.807) is 6.07 Å². The third kappa shape index (κ3) is 5.26. The summed E-state index contributed by atoms with van der Waals surface area (Å²) in [5.41, 5.74) is 2.42. The van der Waals surface area contributed by atoms with Gasteiger partial charge in [-0.2, -0.15) is 4.31 Å². The van der Waals surface area contributed by atoms with Crippen molar-refractivity contribution in [3.63, 3.8) is 0 Å². The lowest BCUT2D eigenvalue weighted by Crippen LogP contribution is -2.54. The number of carbonyl (C=O) groups is 1. The standard InChI is InChI=1S/C23H31N3O4S/c1-5-30-21-9-7-6-8-20(21)24-23(27)19(4)25-12-14-26(15-13-25)31(28,29)22-11-10-17(2)16-18(22)3/h6-11,16,19H,5,12-15H2,1-4H3,(H,24,27). The molecule has 3 rings (SSSR count). The molecule has 8 heteroatoms. The van der Waals surface area contributed by atoms with Gasteiger partial charge in [0.1, 0.15) is 5.75 Å². The number of aryl methyl sites for hydroxylation is 2. The van der Waals surface area contributed by atoms with Crippen LogP contribution in [0.5, 0.6) is 5.75 Å². The number of sulfonamides is 1. The Morgan fingerprint density at radius 2 is 1.77 bits per heavy atom. The van der Waals surface area contributed by atoms with Crippen molar-refractivity contribution in [2.75, 3.05) is 38.1 Å². The van der Waals surface area contributed by atoms with Crippen molar-refractivity contribution in [3.8, 4) is 5.75 Å². The lowest BCUT2D eigenvalue weighted by atomic mass is 10.2. The number of benzene rings is 2. The molecule has 1 heterocycles. The zero-order valence-corrected chi connectivity index (χ0v) is 19.4. The third-order valence-corrected chi connectivity index (χ3v) is 7.65. The molecule has 2 aromatic carbocycles. The number of nitrogens with one attached hydrogen (secondary N) is 1. The molecule has 0 aromatic heterocycles. The normalized spacial score (nSPS) is 16.6.